The van der Waals surface area contributed by atoms with Crippen LogP contribution in [0.15, 0.2) is 6.07 Å². The van der Waals surface area contributed by atoms with Crippen molar-refractivity contribution in [1.29, 1.82) is 0 Å². The van der Waals surface area contributed by atoms with E-state index >= 15 is 0 Å². The average molecular weight is 350 g/mol. The second-order valence-corrected chi connectivity index (χ2v) is 8.38. The van der Waals surface area contributed by atoms with Gasteiger partial charge in [-0.2, -0.15) is 0 Å². The number of rotatable bonds is 1. The molecule has 0 amide bonds. The quantitative estimate of drug-likeness (QED) is 0.458. The Bertz CT molecular complexity index is 753. The molecule has 6 heteroatoms. The lowest BCUT2D eigenvalue weighted by atomic mass is 9.54. The number of phenolic OH excluding ortho intramolecular Hbond substituents is 2. The first kappa shape index (κ1) is 18.0. The lowest BCUT2D eigenvalue weighted by molar-refractivity contribution is -0.315. The zero-order valence-electron chi connectivity index (χ0n) is 15.3. The van der Waals surface area contributed by atoms with Crippen LogP contribution in [-0.4, -0.2) is 38.3 Å². The van der Waals surface area contributed by atoms with E-state index in [-0.39, 0.29) is 22.8 Å². The Labute approximate surface area is 147 Å². The highest BCUT2D eigenvalue weighted by Crippen LogP contribution is 2.61. The summed E-state index contributed by atoms with van der Waals surface area (Å²) in [4.78, 5) is 12.7. The third-order valence-corrected chi connectivity index (χ3v) is 6.31. The molecule has 2 aliphatic rings. The summed E-state index contributed by atoms with van der Waals surface area (Å²) in [5, 5.41) is 42.9. The van der Waals surface area contributed by atoms with Gasteiger partial charge in [-0.05, 0) is 31.7 Å². The number of fused-ring (bicyclic) bond motifs is 3. The Morgan fingerprint density at radius 3 is 2.36 bits per heavy atom. The molecule has 4 N–H and O–H groups in total. The van der Waals surface area contributed by atoms with Crippen molar-refractivity contribution >= 4 is 5.97 Å². The van der Waals surface area contributed by atoms with Crippen LogP contribution in [0.25, 0.3) is 0 Å². The summed E-state index contributed by atoms with van der Waals surface area (Å²) in [6, 6.07) is 1.53. The monoisotopic (exact) mass is 350 g/mol. The van der Waals surface area contributed by atoms with Crippen LogP contribution >= 0.6 is 0 Å². The predicted octanol–water partition coefficient (Wildman–Crippen LogP) is 2.52. The molecular formula is C19H26O6. The van der Waals surface area contributed by atoms with Crippen LogP contribution in [0.1, 0.15) is 74.9 Å². The molecule has 1 fully saturated rings. The SMILES string of the molecule is CC(C)c1cc2c(c(O)c1O)[C@@]1(C)CC[C@H](O)C(C)(C)[C@]1(O)OC2=O. The fraction of sp³-hybridized carbons (Fsp3) is 0.632. The van der Waals surface area contributed by atoms with Gasteiger partial charge in [0.05, 0.1) is 22.5 Å². The van der Waals surface area contributed by atoms with Gasteiger partial charge in [0.1, 0.15) is 0 Å². The van der Waals surface area contributed by atoms with E-state index in [1.807, 2.05) is 13.8 Å². The largest absolute Gasteiger partial charge is 0.504 e. The highest BCUT2D eigenvalue weighted by Gasteiger charge is 2.68. The van der Waals surface area contributed by atoms with E-state index in [4.69, 9.17) is 4.74 Å². The number of benzene rings is 1. The van der Waals surface area contributed by atoms with E-state index in [0.717, 1.165) is 0 Å². The molecule has 0 spiro atoms. The summed E-state index contributed by atoms with van der Waals surface area (Å²) in [5.74, 6) is -3.57. The summed E-state index contributed by atoms with van der Waals surface area (Å²) in [6.07, 6.45) is -0.206. The second kappa shape index (κ2) is 5.11. The fourth-order valence-electron chi connectivity index (χ4n) is 4.46. The molecule has 0 saturated heterocycles. The predicted molar refractivity (Wildman–Crippen MR) is 90.6 cm³/mol. The summed E-state index contributed by atoms with van der Waals surface area (Å²) >= 11 is 0. The summed E-state index contributed by atoms with van der Waals surface area (Å²) in [7, 11) is 0. The number of hydrogen-bond donors (Lipinski definition) is 4. The average Bonchev–Trinajstić information content (AvgIpc) is 2.51. The number of carbonyl (C=O) groups excluding carboxylic acids is 1. The highest BCUT2D eigenvalue weighted by molar-refractivity contribution is 5.95. The van der Waals surface area contributed by atoms with Crippen molar-refractivity contribution in [3.05, 3.63) is 22.8 Å². The molecule has 0 aromatic heterocycles. The Morgan fingerprint density at radius 1 is 1.20 bits per heavy atom. The number of esters is 1. The number of hydrogen-bond acceptors (Lipinski definition) is 6. The van der Waals surface area contributed by atoms with Crippen molar-refractivity contribution in [2.75, 3.05) is 0 Å². The van der Waals surface area contributed by atoms with Gasteiger partial charge >= 0.3 is 5.97 Å². The van der Waals surface area contributed by atoms with E-state index in [2.05, 4.69) is 0 Å². The van der Waals surface area contributed by atoms with Gasteiger partial charge in [0, 0.05) is 11.1 Å². The maximum atomic E-state index is 12.7. The Kier molecular flexibility index (Phi) is 3.68. The maximum Gasteiger partial charge on any atom is 0.341 e. The van der Waals surface area contributed by atoms with Crippen LogP contribution in [0, 0.1) is 5.41 Å². The molecule has 0 radical (unpaired) electrons. The first-order valence-electron chi connectivity index (χ1n) is 8.61. The van der Waals surface area contributed by atoms with Crippen LogP contribution < -0.4 is 0 Å². The number of aliphatic hydroxyl groups excluding tert-OH is 1. The second-order valence-electron chi connectivity index (χ2n) is 8.38. The number of aliphatic hydroxyl groups is 2. The molecule has 1 saturated carbocycles. The fourth-order valence-corrected chi connectivity index (χ4v) is 4.46. The van der Waals surface area contributed by atoms with Gasteiger partial charge in [-0.15, -0.1) is 0 Å². The molecule has 3 atom stereocenters. The summed E-state index contributed by atoms with van der Waals surface area (Å²) in [5.41, 5.74) is -1.52. The zero-order chi connectivity index (χ0) is 18.9. The first-order valence-corrected chi connectivity index (χ1v) is 8.61. The Balaban J connectivity index is 2.35. The zero-order valence-corrected chi connectivity index (χ0v) is 15.3. The molecule has 138 valence electrons. The molecule has 1 heterocycles. The lowest BCUT2D eigenvalue weighted by Gasteiger charge is -2.59. The smallest absolute Gasteiger partial charge is 0.341 e. The summed E-state index contributed by atoms with van der Waals surface area (Å²) in [6.45, 7) is 8.64. The molecule has 1 aliphatic heterocycles. The van der Waals surface area contributed by atoms with E-state index in [9.17, 15) is 25.2 Å². The van der Waals surface area contributed by atoms with E-state index in [0.29, 0.717) is 18.4 Å². The van der Waals surface area contributed by atoms with E-state index < -0.39 is 34.4 Å². The molecule has 1 aromatic rings. The molecule has 25 heavy (non-hydrogen) atoms. The molecule has 1 aromatic carbocycles. The number of ether oxygens (including phenoxy) is 1. The van der Waals surface area contributed by atoms with Crippen LogP contribution in [0.2, 0.25) is 0 Å². The molecule has 6 nitrogen and oxygen atoms in total. The van der Waals surface area contributed by atoms with Gasteiger partial charge in [0.25, 0.3) is 0 Å². The van der Waals surface area contributed by atoms with Crippen LogP contribution in [0.3, 0.4) is 0 Å². The first-order chi connectivity index (χ1) is 11.4. The maximum absolute atomic E-state index is 12.7. The molecular weight excluding hydrogens is 324 g/mol. The lowest BCUT2D eigenvalue weighted by Crippen LogP contribution is -2.69. The van der Waals surface area contributed by atoms with Gasteiger partial charge in [-0.3, -0.25) is 0 Å². The van der Waals surface area contributed by atoms with Gasteiger partial charge in [-0.1, -0.05) is 27.7 Å². The van der Waals surface area contributed by atoms with Gasteiger partial charge in [-0.25, -0.2) is 4.79 Å². The molecule has 0 unspecified atom stereocenters. The van der Waals surface area contributed by atoms with Crippen molar-refractivity contribution in [2.24, 2.45) is 5.41 Å². The van der Waals surface area contributed by atoms with Crippen molar-refractivity contribution in [3.8, 4) is 11.5 Å². The topological polar surface area (TPSA) is 107 Å². The molecule has 0 bridgehead atoms. The number of carbonyl (C=O) groups is 1. The minimum Gasteiger partial charge on any atom is -0.504 e. The molecule has 3 rings (SSSR count). The standard InChI is InChI=1S/C19H26O6/c1-9(2)10-8-11-13(15(22)14(10)21)18(5)7-6-12(20)17(3,4)19(18,24)25-16(11)23/h8-9,12,20-22,24H,6-7H2,1-5H3/t12-,18+,19-/m0/s1. The number of aromatic hydroxyl groups is 2. The van der Waals surface area contributed by atoms with Crippen LogP contribution in [-0.2, 0) is 10.2 Å². The third-order valence-electron chi connectivity index (χ3n) is 6.31. The van der Waals surface area contributed by atoms with Crippen molar-refractivity contribution in [1.82, 2.24) is 0 Å². The highest BCUT2D eigenvalue weighted by atomic mass is 16.7. The van der Waals surface area contributed by atoms with E-state index in [1.165, 1.54) is 6.07 Å². The Hall–Kier alpha value is -1.79. The third kappa shape index (κ3) is 2.01. The number of phenols is 2. The summed E-state index contributed by atoms with van der Waals surface area (Å²) < 4.78 is 5.49. The van der Waals surface area contributed by atoms with Gasteiger partial charge in [0.15, 0.2) is 11.5 Å². The molecule has 1 aliphatic carbocycles. The van der Waals surface area contributed by atoms with E-state index in [1.54, 1.807) is 20.8 Å². The van der Waals surface area contributed by atoms with Crippen LogP contribution in [0.4, 0.5) is 0 Å². The van der Waals surface area contributed by atoms with Crippen molar-refractivity contribution < 1.29 is 30.0 Å². The van der Waals surface area contributed by atoms with Crippen LogP contribution in [0.5, 0.6) is 11.5 Å². The normalized spacial score (nSPS) is 33.6. The Morgan fingerprint density at radius 2 is 1.80 bits per heavy atom. The van der Waals surface area contributed by atoms with Crippen molar-refractivity contribution in [3.63, 3.8) is 0 Å². The van der Waals surface area contributed by atoms with Crippen molar-refractivity contribution in [2.45, 2.75) is 70.7 Å². The minimum atomic E-state index is -2.01. The minimum absolute atomic E-state index is 0.109. The van der Waals surface area contributed by atoms with Gasteiger partial charge in [0.2, 0.25) is 5.79 Å². The van der Waals surface area contributed by atoms with Gasteiger partial charge < -0.3 is 25.2 Å².